The first kappa shape index (κ1) is 12.2. The van der Waals surface area contributed by atoms with Crippen LogP contribution in [0.2, 0.25) is 0 Å². The summed E-state index contributed by atoms with van der Waals surface area (Å²) in [5.41, 5.74) is 0. The van der Waals surface area contributed by atoms with Crippen LogP contribution in [0.15, 0.2) is 16.5 Å². The Balaban J connectivity index is 1.93. The van der Waals surface area contributed by atoms with E-state index in [1.807, 2.05) is 24.1 Å². The molecule has 1 saturated heterocycles. The molecular formula is C13H20N2O2. The maximum atomic E-state index is 11.8. The van der Waals surface area contributed by atoms with Gasteiger partial charge in [-0.15, -0.1) is 0 Å². The van der Waals surface area contributed by atoms with E-state index in [2.05, 4.69) is 12.2 Å². The Bertz CT molecular complexity index is 387. The molecule has 0 aliphatic carbocycles. The highest BCUT2D eigenvalue weighted by Gasteiger charge is 2.28. The third kappa shape index (κ3) is 2.88. The lowest BCUT2D eigenvalue weighted by molar-refractivity contribution is -0.128. The van der Waals surface area contributed by atoms with Gasteiger partial charge in [-0.1, -0.05) is 13.3 Å². The molecular weight excluding hydrogens is 216 g/mol. The van der Waals surface area contributed by atoms with Gasteiger partial charge in [-0.3, -0.25) is 4.79 Å². The smallest absolute Gasteiger partial charge is 0.223 e. The summed E-state index contributed by atoms with van der Waals surface area (Å²) >= 11 is 0. The first-order valence-electron chi connectivity index (χ1n) is 6.23. The molecule has 4 nitrogen and oxygen atoms in total. The number of likely N-dealkylation sites (tertiary alicyclic amines) is 1. The Morgan fingerprint density at radius 1 is 1.47 bits per heavy atom. The molecule has 0 radical (unpaired) electrons. The molecule has 1 aromatic rings. The minimum atomic E-state index is 0.253. The molecule has 0 saturated carbocycles. The van der Waals surface area contributed by atoms with Gasteiger partial charge < -0.3 is 14.6 Å². The lowest BCUT2D eigenvalue weighted by Gasteiger charge is -2.14. The minimum absolute atomic E-state index is 0.253. The van der Waals surface area contributed by atoms with E-state index >= 15 is 0 Å². The maximum absolute atomic E-state index is 11.8. The second kappa shape index (κ2) is 5.36. The van der Waals surface area contributed by atoms with E-state index in [0.29, 0.717) is 18.9 Å². The van der Waals surface area contributed by atoms with Crippen LogP contribution in [0.4, 0.5) is 0 Å². The number of nitrogens with one attached hydrogen (secondary N) is 1. The third-order valence-corrected chi connectivity index (χ3v) is 3.29. The fourth-order valence-corrected chi connectivity index (χ4v) is 2.24. The van der Waals surface area contributed by atoms with Gasteiger partial charge >= 0.3 is 0 Å². The summed E-state index contributed by atoms with van der Waals surface area (Å²) in [5.74, 6) is 2.57. The van der Waals surface area contributed by atoms with Crippen molar-refractivity contribution in [3.05, 3.63) is 23.7 Å². The number of hydrogen-bond donors (Lipinski definition) is 1. The molecule has 1 aliphatic heterocycles. The van der Waals surface area contributed by atoms with Gasteiger partial charge in [0.25, 0.3) is 0 Å². The van der Waals surface area contributed by atoms with E-state index < -0.39 is 0 Å². The van der Waals surface area contributed by atoms with Gasteiger partial charge in [0.15, 0.2) is 0 Å². The van der Waals surface area contributed by atoms with Crippen molar-refractivity contribution in [1.29, 1.82) is 0 Å². The van der Waals surface area contributed by atoms with Crippen molar-refractivity contribution in [1.82, 2.24) is 10.2 Å². The van der Waals surface area contributed by atoms with Gasteiger partial charge in [-0.2, -0.15) is 0 Å². The van der Waals surface area contributed by atoms with Crippen LogP contribution < -0.4 is 5.32 Å². The maximum Gasteiger partial charge on any atom is 0.223 e. The molecule has 17 heavy (non-hydrogen) atoms. The minimum Gasteiger partial charge on any atom is -0.463 e. The molecule has 1 N–H and O–H groups in total. The predicted octanol–water partition coefficient (Wildman–Crippen LogP) is 1.76. The average Bonchev–Trinajstić information content (AvgIpc) is 2.88. The van der Waals surface area contributed by atoms with Crippen molar-refractivity contribution in [2.45, 2.75) is 32.9 Å². The van der Waals surface area contributed by atoms with E-state index in [1.54, 1.807) is 0 Å². The molecule has 2 rings (SSSR count). The molecule has 1 atom stereocenters. The molecule has 1 fully saturated rings. The highest BCUT2D eigenvalue weighted by molar-refractivity contribution is 5.78. The van der Waals surface area contributed by atoms with Gasteiger partial charge in [0.05, 0.1) is 13.1 Å². The summed E-state index contributed by atoms with van der Waals surface area (Å²) in [7, 11) is 1.89. The largest absolute Gasteiger partial charge is 0.463 e. The predicted molar refractivity (Wildman–Crippen MR) is 65.3 cm³/mol. The quantitative estimate of drug-likeness (QED) is 0.847. The van der Waals surface area contributed by atoms with E-state index in [-0.39, 0.29) is 5.91 Å². The van der Waals surface area contributed by atoms with Gasteiger partial charge in [0.1, 0.15) is 11.5 Å². The fourth-order valence-electron chi connectivity index (χ4n) is 2.24. The molecule has 1 aromatic heterocycles. The van der Waals surface area contributed by atoms with Crippen molar-refractivity contribution in [2.24, 2.45) is 5.92 Å². The Kier molecular flexibility index (Phi) is 3.84. The van der Waals surface area contributed by atoms with Crippen LogP contribution in [0.1, 0.15) is 31.3 Å². The van der Waals surface area contributed by atoms with E-state index in [1.165, 1.54) is 0 Å². The zero-order valence-electron chi connectivity index (χ0n) is 10.5. The van der Waals surface area contributed by atoms with Crippen molar-refractivity contribution < 1.29 is 9.21 Å². The van der Waals surface area contributed by atoms with Gasteiger partial charge in [0.2, 0.25) is 5.91 Å². The van der Waals surface area contributed by atoms with Crippen LogP contribution >= 0.6 is 0 Å². The standard InChI is InChI=1S/C13H20N2O2/c1-3-10-6-13(16)15(8-10)9-12-5-4-11(17-12)7-14-2/h4-5,10,14H,3,6-9H2,1-2H3. The first-order valence-corrected chi connectivity index (χ1v) is 6.23. The normalized spacial score (nSPS) is 20.2. The molecule has 0 bridgehead atoms. The number of amides is 1. The number of carbonyl (C=O) groups is 1. The second-order valence-corrected chi connectivity index (χ2v) is 4.65. The molecule has 1 unspecified atom stereocenters. The zero-order chi connectivity index (χ0) is 12.3. The average molecular weight is 236 g/mol. The Labute approximate surface area is 102 Å². The number of carbonyl (C=O) groups excluding carboxylic acids is 1. The molecule has 94 valence electrons. The molecule has 0 spiro atoms. The van der Waals surface area contributed by atoms with Gasteiger partial charge in [-0.05, 0) is 25.1 Å². The van der Waals surface area contributed by atoms with E-state index in [9.17, 15) is 4.79 Å². The summed E-state index contributed by atoms with van der Waals surface area (Å²) in [5, 5.41) is 3.04. The van der Waals surface area contributed by atoms with Crippen LogP contribution in [0.25, 0.3) is 0 Å². The monoisotopic (exact) mass is 236 g/mol. The Morgan fingerprint density at radius 3 is 2.88 bits per heavy atom. The molecule has 4 heteroatoms. The van der Waals surface area contributed by atoms with Crippen molar-refractivity contribution in [3.8, 4) is 0 Å². The van der Waals surface area contributed by atoms with Crippen molar-refractivity contribution in [2.75, 3.05) is 13.6 Å². The van der Waals surface area contributed by atoms with Gasteiger partial charge in [-0.25, -0.2) is 0 Å². The van der Waals surface area contributed by atoms with Crippen LogP contribution in [0.3, 0.4) is 0 Å². The summed E-state index contributed by atoms with van der Waals surface area (Å²) in [6.45, 7) is 4.35. The SMILES string of the molecule is CCC1CC(=O)N(Cc2ccc(CNC)o2)C1. The highest BCUT2D eigenvalue weighted by atomic mass is 16.3. The molecule has 1 amide bonds. The summed E-state index contributed by atoms with van der Waals surface area (Å²) in [6, 6.07) is 3.92. The molecule has 0 aromatic carbocycles. The van der Waals surface area contributed by atoms with Crippen LogP contribution in [-0.2, 0) is 17.9 Å². The van der Waals surface area contributed by atoms with Crippen molar-refractivity contribution in [3.63, 3.8) is 0 Å². The fraction of sp³-hybridized carbons (Fsp3) is 0.615. The topological polar surface area (TPSA) is 45.5 Å². The first-order chi connectivity index (χ1) is 8.22. The molecule has 1 aliphatic rings. The van der Waals surface area contributed by atoms with Crippen LogP contribution in [0, 0.1) is 5.92 Å². The van der Waals surface area contributed by atoms with E-state index in [0.717, 1.165) is 31.0 Å². The molecule has 2 heterocycles. The highest BCUT2D eigenvalue weighted by Crippen LogP contribution is 2.22. The lowest BCUT2D eigenvalue weighted by Crippen LogP contribution is -2.24. The Hall–Kier alpha value is -1.29. The third-order valence-electron chi connectivity index (χ3n) is 3.29. The number of rotatable bonds is 5. The van der Waals surface area contributed by atoms with Crippen molar-refractivity contribution >= 4 is 5.91 Å². The summed E-state index contributed by atoms with van der Waals surface area (Å²) < 4.78 is 5.65. The van der Waals surface area contributed by atoms with Crippen LogP contribution in [-0.4, -0.2) is 24.4 Å². The Morgan fingerprint density at radius 2 is 2.24 bits per heavy atom. The second-order valence-electron chi connectivity index (χ2n) is 4.65. The van der Waals surface area contributed by atoms with E-state index in [4.69, 9.17) is 4.42 Å². The summed E-state index contributed by atoms with van der Waals surface area (Å²) in [6.07, 6.45) is 1.77. The number of nitrogens with zero attached hydrogens (tertiary/aromatic N) is 1. The number of furan rings is 1. The van der Waals surface area contributed by atoms with Gasteiger partial charge in [0, 0.05) is 13.0 Å². The number of hydrogen-bond acceptors (Lipinski definition) is 3. The zero-order valence-corrected chi connectivity index (χ0v) is 10.5. The lowest BCUT2D eigenvalue weighted by atomic mass is 10.1. The van der Waals surface area contributed by atoms with Crippen LogP contribution in [0.5, 0.6) is 0 Å². The summed E-state index contributed by atoms with van der Waals surface area (Å²) in [4.78, 5) is 13.7.